The molecule has 56 valence electrons. The number of nitrogens with two attached hydrogens (primary N) is 1. The van der Waals surface area contributed by atoms with Gasteiger partial charge >= 0.3 is 0 Å². The van der Waals surface area contributed by atoms with E-state index in [4.69, 9.17) is 5.73 Å². The molecule has 0 aliphatic rings. The van der Waals surface area contributed by atoms with Crippen LogP contribution in [0, 0.1) is 13.8 Å². The molecule has 2 N–H and O–H groups in total. The number of hydrogen-bond acceptors (Lipinski definition) is 3. The van der Waals surface area contributed by atoms with Crippen LogP contribution in [0.2, 0.25) is 0 Å². The molecule has 0 atom stereocenters. The summed E-state index contributed by atoms with van der Waals surface area (Å²) in [6.07, 6.45) is 0. The van der Waals surface area contributed by atoms with Crippen molar-refractivity contribution in [1.82, 2.24) is 14.8 Å². The zero-order chi connectivity index (χ0) is 7.56. The van der Waals surface area contributed by atoms with Gasteiger partial charge in [0, 0.05) is 6.54 Å². The summed E-state index contributed by atoms with van der Waals surface area (Å²) in [6.45, 7) is 5.17. The Bertz CT molecular complexity index is 216. The van der Waals surface area contributed by atoms with Gasteiger partial charge in [-0.15, -0.1) is 0 Å². The second-order valence-electron chi connectivity index (χ2n) is 2.22. The zero-order valence-electron chi connectivity index (χ0n) is 6.33. The average molecular weight is 140 g/mol. The van der Waals surface area contributed by atoms with E-state index in [1.54, 1.807) is 0 Å². The fraction of sp³-hybridized carbons (Fsp3) is 0.667. The Labute approximate surface area is 60.1 Å². The monoisotopic (exact) mass is 140 g/mol. The number of aromatic nitrogens is 3. The minimum atomic E-state index is 0.615. The lowest BCUT2D eigenvalue weighted by Gasteiger charge is -1.96. The lowest BCUT2D eigenvalue weighted by molar-refractivity contribution is 0.601. The predicted octanol–water partition coefficient (Wildman–Crippen LogP) is -0.146. The molecule has 1 aromatic heterocycles. The molecule has 0 aliphatic carbocycles. The molecule has 4 heteroatoms. The van der Waals surface area contributed by atoms with Crippen molar-refractivity contribution in [3.05, 3.63) is 11.6 Å². The van der Waals surface area contributed by atoms with Gasteiger partial charge in [0.05, 0.1) is 6.54 Å². The Morgan fingerprint density at radius 2 is 2.20 bits per heavy atom. The van der Waals surface area contributed by atoms with E-state index in [9.17, 15) is 0 Å². The van der Waals surface area contributed by atoms with E-state index in [0.29, 0.717) is 6.54 Å². The molecule has 0 radical (unpaired) electrons. The summed E-state index contributed by atoms with van der Waals surface area (Å²) < 4.78 is 1.81. The van der Waals surface area contributed by atoms with E-state index >= 15 is 0 Å². The quantitative estimate of drug-likeness (QED) is 0.621. The minimum absolute atomic E-state index is 0.615. The third-order valence-electron chi connectivity index (χ3n) is 1.30. The van der Waals surface area contributed by atoms with E-state index in [1.807, 2.05) is 18.5 Å². The maximum atomic E-state index is 5.35. The molecule has 4 nitrogen and oxygen atoms in total. The molecule has 0 aliphatic heterocycles. The second kappa shape index (κ2) is 2.79. The SMILES string of the molecule is Cc1nc(C)n(CCN)n1. The standard InChI is InChI=1S/C6H12N4/c1-5-8-6(2)10(9-5)4-3-7/h3-4,7H2,1-2H3. The van der Waals surface area contributed by atoms with Crippen molar-refractivity contribution >= 4 is 0 Å². The summed E-state index contributed by atoms with van der Waals surface area (Å²) in [5.41, 5.74) is 5.35. The summed E-state index contributed by atoms with van der Waals surface area (Å²) in [4.78, 5) is 4.13. The molecule has 0 bridgehead atoms. The average Bonchev–Trinajstić information content (AvgIpc) is 2.13. The summed E-state index contributed by atoms with van der Waals surface area (Å²) in [5.74, 6) is 1.74. The van der Waals surface area contributed by atoms with Crippen LogP contribution in [0.1, 0.15) is 11.6 Å². The number of rotatable bonds is 2. The van der Waals surface area contributed by atoms with Gasteiger partial charge in [-0.05, 0) is 13.8 Å². The number of hydrogen-bond donors (Lipinski definition) is 1. The van der Waals surface area contributed by atoms with Gasteiger partial charge in [-0.25, -0.2) is 9.67 Å². The Hall–Kier alpha value is -0.900. The molecular formula is C6H12N4. The second-order valence-corrected chi connectivity index (χ2v) is 2.22. The summed E-state index contributed by atoms with van der Waals surface area (Å²) >= 11 is 0. The van der Waals surface area contributed by atoms with Gasteiger partial charge in [0.15, 0.2) is 0 Å². The predicted molar refractivity (Wildman–Crippen MR) is 38.6 cm³/mol. The molecule has 1 heterocycles. The Morgan fingerprint density at radius 3 is 2.60 bits per heavy atom. The van der Waals surface area contributed by atoms with Crippen LogP contribution in [0.15, 0.2) is 0 Å². The first-order valence-corrected chi connectivity index (χ1v) is 3.32. The first kappa shape index (κ1) is 7.21. The first-order valence-electron chi connectivity index (χ1n) is 3.32. The van der Waals surface area contributed by atoms with Crippen molar-refractivity contribution in [1.29, 1.82) is 0 Å². The van der Waals surface area contributed by atoms with Gasteiger partial charge in [0.1, 0.15) is 11.6 Å². The lowest BCUT2D eigenvalue weighted by Crippen LogP contribution is -2.12. The van der Waals surface area contributed by atoms with Crippen molar-refractivity contribution in [3.63, 3.8) is 0 Å². The highest BCUT2D eigenvalue weighted by Gasteiger charge is 1.98. The third-order valence-corrected chi connectivity index (χ3v) is 1.30. The van der Waals surface area contributed by atoms with Crippen LogP contribution >= 0.6 is 0 Å². The fourth-order valence-corrected chi connectivity index (χ4v) is 0.895. The van der Waals surface area contributed by atoms with E-state index in [1.165, 1.54) is 0 Å². The van der Waals surface area contributed by atoms with Gasteiger partial charge in [-0.3, -0.25) is 0 Å². The maximum Gasteiger partial charge on any atom is 0.147 e. The van der Waals surface area contributed by atoms with Crippen LogP contribution in [0.3, 0.4) is 0 Å². The Kier molecular flexibility index (Phi) is 2.01. The smallest absolute Gasteiger partial charge is 0.147 e. The van der Waals surface area contributed by atoms with Crippen LogP contribution in [0.5, 0.6) is 0 Å². The normalized spacial score (nSPS) is 10.3. The van der Waals surface area contributed by atoms with E-state index in [0.717, 1.165) is 18.2 Å². The molecular weight excluding hydrogens is 128 g/mol. The molecule has 1 aromatic rings. The van der Waals surface area contributed by atoms with Gasteiger partial charge in [0.25, 0.3) is 0 Å². The van der Waals surface area contributed by atoms with E-state index < -0.39 is 0 Å². The highest BCUT2D eigenvalue weighted by atomic mass is 15.3. The summed E-state index contributed by atoms with van der Waals surface area (Å²) in [7, 11) is 0. The van der Waals surface area contributed by atoms with Crippen molar-refractivity contribution < 1.29 is 0 Å². The molecule has 1 rings (SSSR count). The summed E-state index contributed by atoms with van der Waals surface area (Å²) in [5, 5.41) is 4.13. The van der Waals surface area contributed by atoms with Crippen LogP contribution in [-0.4, -0.2) is 21.3 Å². The van der Waals surface area contributed by atoms with Crippen LogP contribution in [0.4, 0.5) is 0 Å². The molecule has 10 heavy (non-hydrogen) atoms. The van der Waals surface area contributed by atoms with Crippen molar-refractivity contribution in [2.75, 3.05) is 6.54 Å². The van der Waals surface area contributed by atoms with E-state index in [-0.39, 0.29) is 0 Å². The van der Waals surface area contributed by atoms with Gasteiger partial charge < -0.3 is 5.73 Å². The van der Waals surface area contributed by atoms with Crippen LogP contribution in [0.25, 0.3) is 0 Å². The van der Waals surface area contributed by atoms with Crippen molar-refractivity contribution in [2.24, 2.45) is 5.73 Å². The van der Waals surface area contributed by atoms with E-state index in [2.05, 4.69) is 10.1 Å². The number of nitrogens with zero attached hydrogens (tertiary/aromatic N) is 3. The number of aryl methyl sites for hydroxylation is 2. The minimum Gasteiger partial charge on any atom is -0.329 e. The first-order chi connectivity index (χ1) is 4.74. The maximum absolute atomic E-state index is 5.35. The topological polar surface area (TPSA) is 56.7 Å². The largest absolute Gasteiger partial charge is 0.329 e. The van der Waals surface area contributed by atoms with Crippen molar-refractivity contribution in [3.8, 4) is 0 Å². The zero-order valence-corrected chi connectivity index (χ0v) is 6.33. The highest BCUT2D eigenvalue weighted by molar-refractivity contribution is 4.87. The third kappa shape index (κ3) is 1.33. The summed E-state index contributed by atoms with van der Waals surface area (Å²) in [6, 6.07) is 0. The molecule has 0 unspecified atom stereocenters. The molecule has 0 amide bonds. The Balaban J connectivity index is 2.81. The lowest BCUT2D eigenvalue weighted by atomic mass is 10.6. The van der Waals surface area contributed by atoms with Crippen molar-refractivity contribution in [2.45, 2.75) is 20.4 Å². The molecule has 0 aromatic carbocycles. The highest BCUT2D eigenvalue weighted by Crippen LogP contribution is 1.93. The van der Waals surface area contributed by atoms with Gasteiger partial charge in [0.2, 0.25) is 0 Å². The van der Waals surface area contributed by atoms with Crippen LogP contribution in [-0.2, 0) is 6.54 Å². The van der Waals surface area contributed by atoms with Gasteiger partial charge in [-0.2, -0.15) is 5.10 Å². The molecule has 0 fully saturated rings. The Morgan fingerprint density at radius 1 is 1.50 bits per heavy atom. The van der Waals surface area contributed by atoms with Crippen LogP contribution < -0.4 is 5.73 Å². The fourth-order valence-electron chi connectivity index (χ4n) is 0.895. The molecule has 0 saturated carbocycles. The molecule has 0 saturated heterocycles. The molecule has 0 spiro atoms. The van der Waals surface area contributed by atoms with Gasteiger partial charge in [-0.1, -0.05) is 0 Å².